The molecule has 10 nitrogen and oxygen atoms in total. The molecule has 1 saturated heterocycles. The molecule has 11 heteroatoms. The third-order valence-corrected chi connectivity index (χ3v) is 7.71. The van der Waals surface area contributed by atoms with Gasteiger partial charge in [0.05, 0.1) is 19.2 Å². The highest BCUT2D eigenvalue weighted by atomic mass is 35.5. The number of carbonyl (C=O) groups is 1. The number of halogens is 1. The molecule has 39 heavy (non-hydrogen) atoms. The van der Waals surface area contributed by atoms with Crippen LogP contribution >= 0.6 is 11.6 Å². The third kappa shape index (κ3) is 4.76. The first-order valence-electron chi connectivity index (χ1n) is 12.7. The van der Waals surface area contributed by atoms with Crippen LogP contribution in [0, 0.1) is 0 Å². The smallest absolute Gasteiger partial charge is 0.404 e. The molecule has 0 saturated carbocycles. The lowest BCUT2D eigenvalue weighted by molar-refractivity contribution is 0.188. The number of nitrogens with zero attached hydrogens (tertiary/aromatic N) is 4. The van der Waals surface area contributed by atoms with E-state index in [4.69, 9.17) is 16.3 Å². The summed E-state index contributed by atoms with van der Waals surface area (Å²) in [7, 11) is 4.72. The van der Waals surface area contributed by atoms with Gasteiger partial charge >= 0.3 is 11.8 Å². The van der Waals surface area contributed by atoms with Gasteiger partial charge in [-0.25, -0.2) is 9.59 Å². The number of anilines is 1. The second-order valence-electron chi connectivity index (χ2n) is 9.74. The first kappa shape index (κ1) is 26.4. The van der Waals surface area contributed by atoms with E-state index < -0.39 is 17.3 Å². The summed E-state index contributed by atoms with van der Waals surface area (Å²) in [6.45, 7) is 1.33. The summed E-state index contributed by atoms with van der Waals surface area (Å²) in [5.41, 5.74) is 2.34. The highest BCUT2D eigenvalue weighted by molar-refractivity contribution is 6.31. The maximum Gasteiger partial charge on any atom is 0.404 e. The highest BCUT2D eigenvalue weighted by Crippen LogP contribution is 2.41. The Hall–Kier alpha value is -4.18. The van der Waals surface area contributed by atoms with E-state index in [1.54, 1.807) is 20.2 Å². The number of hydrogen-bond acceptors (Lipinski definition) is 5. The largest absolute Gasteiger partial charge is 0.497 e. The molecular weight excluding hydrogens is 522 g/mol. The van der Waals surface area contributed by atoms with E-state index in [-0.39, 0.29) is 12.6 Å². The first-order chi connectivity index (χ1) is 18.7. The van der Waals surface area contributed by atoms with Gasteiger partial charge in [-0.2, -0.15) is 0 Å². The molecule has 1 atom stereocenters. The maximum absolute atomic E-state index is 13.8. The molecule has 2 aromatic carbocycles. The van der Waals surface area contributed by atoms with Gasteiger partial charge in [-0.05, 0) is 42.2 Å². The minimum atomic E-state index is -1.08. The number of hydrogen-bond donors (Lipinski definition) is 2. The summed E-state index contributed by atoms with van der Waals surface area (Å²) in [5, 5.41) is 12.6. The Morgan fingerprint density at radius 3 is 2.46 bits per heavy atom. The van der Waals surface area contributed by atoms with Crippen LogP contribution in [-0.2, 0) is 20.6 Å². The molecule has 1 aliphatic heterocycles. The summed E-state index contributed by atoms with van der Waals surface area (Å²) in [6.07, 6.45) is 0.369. The van der Waals surface area contributed by atoms with Crippen molar-refractivity contribution in [2.24, 2.45) is 14.1 Å². The second kappa shape index (κ2) is 10.5. The average Bonchev–Trinajstić information content (AvgIpc) is 3.26. The number of benzene rings is 2. The number of aryl methyl sites for hydroxylation is 1. The number of ether oxygens (including phenoxy) is 1. The Morgan fingerprint density at radius 2 is 1.79 bits per heavy atom. The van der Waals surface area contributed by atoms with Gasteiger partial charge in [-0.15, -0.1) is 0 Å². The molecule has 5 rings (SSSR count). The van der Waals surface area contributed by atoms with Crippen molar-refractivity contribution in [3.8, 4) is 16.9 Å². The monoisotopic (exact) mass is 551 g/mol. The minimum absolute atomic E-state index is 0.280. The fourth-order valence-corrected chi connectivity index (χ4v) is 5.66. The number of nitrogens with one attached hydrogen (secondary N) is 1. The van der Waals surface area contributed by atoms with E-state index >= 15 is 0 Å². The van der Waals surface area contributed by atoms with Crippen LogP contribution in [0.25, 0.3) is 22.2 Å². The van der Waals surface area contributed by atoms with Crippen molar-refractivity contribution >= 4 is 34.5 Å². The SMILES string of the molecule is COc1ccc(-c2c(N3CCC[C@@H](NC(=O)O)C3)n(Cc3ccccc3Cl)c3c(=O)n(C)c(=O)n(C)c23)cc1. The fraction of sp³-hybridized carbons (Fsp3) is 0.321. The number of fused-ring (bicyclic) bond motifs is 1. The molecular formula is C28H30ClN5O5. The summed E-state index contributed by atoms with van der Waals surface area (Å²) < 4.78 is 9.89. The van der Waals surface area contributed by atoms with E-state index in [1.807, 2.05) is 47.0 Å². The fourth-order valence-electron chi connectivity index (χ4n) is 5.47. The molecule has 1 aliphatic rings. The van der Waals surface area contributed by atoms with Crippen molar-refractivity contribution in [1.82, 2.24) is 19.0 Å². The third-order valence-electron chi connectivity index (χ3n) is 7.34. The zero-order valence-corrected chi connectivity index (χ0v) is 22.7. The van der Waals surface area contributed by atoms with Crippen LogP contribution in [0.4, 0.5) is 10.6 Å². The Morgan fingerprint density at radius 1 is 1.08 bits per heavy atom. The quantitative estimate of drug-likeness (QED) is 0.378. The summed E-state index contributed by atoms with van der Waals surface area (Å²) in [6, 6.07) is 14.6. The summed E-state index contributed by atoms with van der Waals surface area (Å²) >= 11 is 6.57. The summed E-state index contributed by atoms with van der Waals surface area (Å²) in [5.74, 6) is 1.40. The number of methoxy groups -OCH3 is 1. The molecule has 0 aliphatic carbocycles. The van der Waals surface area contributed by atoms with Gasteiger partial charge < -0.3 is 24.6 Å². The number of aromatic nitrogens is 3. The molecule has 204 valence electrons. The number of rotatable bonds is 6. The number of carboxylic acid groups (broad SMARTS) is 1. The van der Waals surface area contributed by atoms with Gasteiger partial charge in [-0.3, -0.25) is 13.9 Å². The van der Waals surface area contributed by atoms with Gasteiger partial charge in [-0.1, -0.05) is 41.9 Å². The van der Waals surface area contributed by atoms with Gasteiger partial charge in [0.1, 0.15) is 17.1 Å². The van der Waals surface area contributed by atoms with E-state index in [2.05, 4.69) is 10.2 Å². The van der Waals surface area contributed by atoms with Crippen LogP contribution in [0.15, 0.2) is 58.1 Å². The van der Waals surface area contributed by atoms with E-state index in [1.165, 1.54) is 11.6 Å². The van der Waals surface area contributed by atoms with Crippen LogP contribution in [0.2, 0.25) is 5.02 Å². The number of piperidine rings is 1. The van der Waals surface area contributed by atoms with Gasteiger partial charge in [0, 0.05) is 43.8 Å². The molecule has 0 unspecified atom stereocenters. The topological polar surface area (TPSA) is 111 Å². The molecule has 2 N–H and O–H groups in total. The van der Waals surface area contributed by atoms with Crippen LogP contribution in [0.1, 0.15) is 18.4 Å². The van der Waals surface area contributed by atoms with Crippen molar-refractivity contribution in [3.05, 3.63) is 80.0 Å². The van der Waals surface area contributed by atoms with E-state index in [0.717, 1.165) is 27.9 Å². The molecule has 0 bridgehead atoms. The van der Waals surface area contributed by atoms with Crippen molar-refractivity contribution < 1.29 is 14.6 Å². The summed E-state index contributed by atoms with van der Waals surface area (Å²) in [4.78, 5) is 40.5. The Bertz CT molecular complexity index is 1670. The van der Waals surface area contributed by atoms with Gasteiger partial charge in [0.2, 0.25) is 0 Å². The lowest BCUT2D eigenvalue weighted by Gasteiger charge is -2.35. The maximum atomic E-state index is 13.8. The lowest BCUT2D eigenvalue weighted by atomic mass is 10.0. The predicted molar refractivity (Wildman–Crippen MR) is 151 cm³/mol. The molecule has 0 spiro atoms. The highest BCUT2D eigenvalue weighted by Gasteiger charge is 2.31. The van der Waals surface area contributed by atoms with Gasteiger partial charge in [0.15, 0.2) is 0 Å². The van der Waals surface area contributed by atoms with Crippen molar-refractivity contribution in [2.45, 2.75) is 25.4 Å². The Labute approximate surface area is 229 Å². The second-order valence-corrected chi connectivity index (χ2v) is 10.1. The van der Waals surface area contributed by atoms with Crippen molar-refractivity contribution in [2.75, 3.05) is 25.1 Å². The van der Waals surface area contributed by atoms with Crippen LogP contribution in [-0.4, -0.2) is 51.1 Å². The number of amides is 1. The minimum Gasteiger partial charge on any atom is -0.497 e. The van der Waals surface area contributed by atoms with E-state index in [0.29, 0.717) is 46.9 Å². The zero-order chi connectivity index (χ0) is 27.8. The van der Waals surface area contributed by atoms with Crippen molar-refractivity contribution in [1.29, 1.82) is 0 Å². The Balaban J connectivity index is 1.86. The standard InChI is InChI=1S/C28H30ClN5O5/c1-31-23-22(17-10-12-20(39-3)13-11-17)25(33-14-6-8-19(16-33)30-27(36)37)34(15-18-7-4-5-9-21(18)29)24(23)26(35)32(2)28(31)38/h4-5,7,9-13,19,30H,6,8,14-16H2,1-3H3,(H,36,37)/t19-/m1/s1. The molecule has 0 radical (unpaired) electrons. The normalized spacial score (nSPS) is 15.5. The first-order valence-corrected chi connectivity index (χ1v) is 13.0. The van der Waals surface area contributed by atoms with Crippen molar-refractivity contribution in [3.63, 3.8) is 0 Å². The van der Waals surface area contributed by atoms with Crippen LogP contribution < -0.4 is 26.2 Å². The predicted octanol–water partition coefficient (Wildman–Crippen LogP) is 3.65. The van der Waals surface area contributed by atoms with Crippen LogP contribution in [0.5, 0.6) is 5.75 Å². The lowest BCUT2D eigenvalue weighted by Crippen LogP contribution is -2.48. The zero-order valence-electron chi connectivity index (χ0n) is 22.0. The molecule has 4 aromatic rings. The average molecular weight is 552 g/mol. The molecule has 1 fully saturated rings. The molecule has 1 amide bonds. The van der Waals surface area contributed by atoms with Gasteiger partial charge in [0.25, 0.3) is 5.56 Å². The van der Waals surface area contributed by atoms with E-state index in [9.17, 15) is 19.5 Å². The van der Waals surface area contributed by atoms with Crippen LogP contribution in [0.3, 0.4) is 0 Å². The molecule has 3 heterocycles. The molecule has 2 aromatic heterocycles. The Kier molecular flexibility index (Phi) is 7.14.